The molecule has 0 radical (unpaired) electrons. The number of hydrogen-bond donors (Lipinski definition) is 1. The minimum Gasteiger partial charge on any atom is -0.490 e. The molecule has 0 aliphatic heterocycles. The summed E-state index contributed by atoms with van der Waals surface area (Å²) in [6, 6.07) is 3.78. The number of thiophene rings is 1. The second-order valence-corrected chi connectivity index (χ2v) is 8.39. The number of H-pyrrole nitrogens is 1. The quantitative estimate of drug-likeness (QED) is 0.590. The van der Waals surface area contributed by atoms with Gasteiger partial charge in [-0.1, -0.05) is 0 Å². The molecule has 7 heteroatoms. The molecule has 2 heterocycles. The van der Waals surface area contributed by atoms with Gasteiger partial charge in [-0.25, -0.2) is 4.98 Å². The number of aromatic amines is 1. The van der Waals surface area contributed by atoms with Crippen molar-refractivity contribution in [3.8, 4) is 22.9 Å². The number of ether oxygens (including phenoxy) is 2. The summed E-state index contributed by atoms with van der Waals surface area (Å²) in [5.74, 6) is 1.85. The summed E-state index contributed by atoms with van der Waals surface area (Å²) in [6.07, 6.45) is 4.36. The van der Waals surface area contributed by atoms with Gasteiger partial charge in [-0.15, -0.1) is 11.3 Å². The van der Waals surface area contributed by atoms with Gasteiger partial charge in [-0.05, 0) is 73.2 Å². The Kier molecular flexibility index (Phi) is 5.23. The Balaban J connectivity index is 1.86. The summed E-state index contributed by atoms with van der Waals surface area (Å²) in [5.41, 5.74) is 1.93. The maximum absolute atomic E-state index is 12.8. The Bertz CT molecular complexity index is 1060. The summed E-state index contributed by atoms with van der Waals surface area (Å²) in [6.45, 7) is 4.93. The van der Waals surface area contributed by atoms with Crippen LogP contribution in [0.25, 0.3) is 21.6 Å². The first-order chi connectivity index (χ1) is 13.1. The Morgan fingerprint density at radius 3 is 2.74 bits per heavy atom. The topological polar surface area (TPSA) is 64.2 Å². The van der Waals surface area contributed by atoms with Crippen LogP contribution in [0, 0.1) is 0 Å². The van der Waals surface area contributed by atoms with Crippen LogP contribution in [0.15, 0.2) is 21.4 Å². The molecule has 1 N–H and O–H groups in total. The highest BCUT2D eigenvalue weighted by Crippen LogP contribution is 2.40. The molecule has 27 heavy (non-hydrogen) atoms. The molecule has 0 amide bonds. The van der Waals surface area contributed by atoms with Crippen LogP contribution in [0.4, 0.5) is 0 Å². The molecule has 0 spiro atoms. The molecule has 1 aromatic carbocycles. The molecule has 3 aromatic rings. The fourth-order valence-electron chi connectivity index (χ4n) is 3.55. The van der Waals surface area contributed by atoms with Crippen LogP contribution >= 0.6 is 27.3 Å². The lowest BCUT2D eigenvalue weighted by molar-refractivity contribution is 0.286. The predicted octanol–water partition coefficient (Wildman–Crippen LogP) is 5.09. The fourth-order valence-corrected chi connectivity index (χ4v) is 5.37. The van der Waals surface area contributed by atoms with Gasteiger partial charge >= 0.3 is 0 Å². The standard InChI is InChI=1S/C20H21BrN2O3S/c1-3-25-14-10-11(9-13(21)17(14)26-4-2)18-22-19(24)16-12-7-5-6-8-15(12)27-20(16)23-18/h9-10H,3-8H2,1-2H3,(H,22,23,24). The Morgan fingerprint density at radius 2 is 1.96 bits per heavy atom. The van der Waals surface area contributed by atoms with Gasteiger partial charge in [0.2, 0.25) is 0 Å². The van der Waals surface area contributed by atoms with Gasteiger partial charge in [-0.2, -0.15) is 0 Å². The molecular weight excluding hydrogens is 428 g/mol. The van der Waals surface area contributed by atoms with E-state index in [9.17, 15) is 4.79 Å². The number of nitrogens with one attached hydrogen (secondary N) is 1. The highest BCUT2D eigenvalue weighted by Gasteiger charge is 2.21. The van der Waals surface area contributed by atoms with Crippen LogP contribution < -0.4 is 15.0 Å². The first-order valence-electron chi connectivity index (χ1n) is 9.26. The van der Waals surface area contributed by atoms with Gasteiger partial charge in [0.15, 0.2) is 11.5 Å². The lowest BCUT2D eigenvalue weighted by Crippen LogP contribution is -2.11. The minimum absolute atomic E-state index is 0.0580. The summed E-state index contributed by atoms with van der Waals surface area (Å²) in [4.78, 5) is 22.7. The molecule has 0 bridgehead atoms. The van der Waals surface area contributed by atoms with Gasteiger partial charge in [-0.3, -0.25) is 4.79 Å². The maximum atomic E-state index is 12.8. The zero-order chi connectivity index (χ0) is 19.0. The van der Waals surface area contributed by atoms with E-state index in [1.165, 1.54) is 16.9 Å². The van der Waals surface area contributed by atoms with E-state index in [0.29, 0.717) is 30.5 Å². The van der Waals surface area contributed by atoms with Crippen molar-refractivity contribution in [3.05, 3.63) is 37.4 Å². The normalized spacial score (nSPS) is 13.6. The third-order valence-corrected chi connectivity index (χ3v) is 6.47. The van der Waals surface area contributed by atoms with Crippen molar-refractivity contribution < 1.29 is 9.47 Å². The third-order valence-electron chi connectivity index (χ3n) is 4.70. The Morgan fingerprint density at radius 1 is 1.19 bits per heavy atom. The molecule has 0 saturated carbocycles. The van der Waals surface area contributed by atoms with E-state index in [2.05, 4.69) is 20.9 Å². The highest BCUT2D eigenvalue weighted by atomic mass is 79.9. The third kappa shape index (κ3) is 3.38. The van der Waals surface area contributed by atoms with E-state index in [1.54, 1.807) is 11.3 Å². The lowest BCUT2D eigenvalue weighted by Gasteiger charge is -2.14. The molecule has 4 rings (SSSR count). The number of nitrogens with zero attached hydrogens (tertiary/aromatic N) is 1. The predicted molar refractivity (Wildman–Crippen MR) is 112 cm³/mol. The molecular formula is C20H21BrN2O3S. The van der Waals surface area contributed by atoms with Crippen LogP contribution in [0.5, 0.6) is 11.5 Å². The summed E-state index contributed by atoms with van der Waals surface area (Å²) < 4.78 is 12.2. The molecule has 5 nitrogen and oxygen atoms in total. The molecule has 0 saturated heterocycles. The average molecular weight is 449 g/mol. The van der Waals surface area contributed by atoms with E-state index >= 15 is 0 Å². The molecule has 1 aliphatic rings. The number of hydrogen-bond acceptors (Lipinski definition) is 5. The van der Waals surface area contributed by atoms with Crippen LogP contribution in [0.2, 0.25) is 0 Å². The summed E-state index contributed by atoms with van der Waals surface area (Å²) >= 11 is 5.21. The summed E-state index contributed by atoms with van der Waals surface area (Å²) in [5, 5.41) is 0.772. The molecule has 1 aliphatic carbocycles. The zero-order valence-electron chi connectivity index (χ0n) is 15.4. The van der Waals surface area contributed by atoms with Crippen molar-refractivity contribution in [2.24, 2.45) is 0 Å². The van der Waals surface area contributed by atoms with Crippen molar-refractivity contribution >= 4 is 37.5 Å². The van der Waals surface area contributed by atoms with E-state index in [-0.39, 0.29) is 5.56 Å². The highest BCUT2D eigenvalue weighted by molar-refractivity contribution is 9.10. The fraction of sp³-hybridized carbons (Fsp3) is 0.400. The number of aromatic nitrogens is 2. The van der Waals surface area contributed by atoms with Crippen molar-refractivity contribution in [2.75, 3.05) is 13.2 Å². The number of benzene rings is 1. The van der Waals surface area contributed by atoms with Crippen molar-refractivity contribution in [1.82, 2.24) is 9.97 Å². The van der Waals surface area contributed by atoms with Crippen molar-refractivity contribution in [3.63, 3.8) is 0 Å². The summed E-state index contributed by atoms with van der Waals surface area (Å²) in [7, 11) is 0. The first-order valence-corrected chi connectivity index (χ1v) is 10.9. The van der Waals surface area contributed by atoms with Gasteiger partial charge in [0.05, 0.1) is 23.1 Å². The largest absolute Gasteiger partial charge is 0.490 e. The number of halogens is 1. The number of fused-ring (bicyclic) bond motifs is 3. The average Bonchev–Trinajstić information content (AvgIpc) is 3.03. The SMILES string of the molecule is CCOc1cc(-c2nc3sc4c(c3c(=O)[nH]2)CCCC4)cc(Br)c1OCC. The smallest absolute Gasteiger partial charge is 0.260 e. The molecule has 0 atom stereocenters. The Hall–Kier alpha value is -1.86. The molecule has 0 unspecified atom stereocenters. The van der Waals surface area contributed by atoms with Crippen LogP contribution in [-0.4, -0.2) is 23.2 Å². The van der Waals surface area contributed by atoms with E-state index in [1.807, 2.05) is 26.0 Å². The van der Waals surface area contributed by atoms with Gasteiger partial charge < -0.3 is 14.5 Å². The second-order valence-electron chi connectivity index (χ2n) is 6.46. The van der Waals surface area contributed by atoms with E-state index in [4.69, 9.17) is 14.5 Å². The van der Waals surface area contributed by atoms with Crippen molar-refractivity contribution in [1.29, 1.82) is 0 Å². The lowest BCUT2D eigenvalue weighted by atomic mass is 9.97. The van der Waals surface area contributed by atoms with Gasteiger partial charge in [0.1, 0.15) is 10.7 Å². The van der Waals surface area contributed by atoms with E-state index in [0.717, 1.165) is 39.5 Å². The number of aryl methyl sites for hydroxylation is 2. The van der Waals surface area contributed by atoms with E-state index < -0.39 is 0 Å². The monoisotopic (exact) mass is 448 g/mol. The molecule has 0 fully saturated rings. The maximum Gasteiger partial charge on any atom is 0.260 e. The number of rotatable bonds is 5. The Labute approximate surface area is 169 Å². The van der Waals surface area contributed by atoms with Gasteiger partial charge in [0.25, 0.3) is 5.56 Å². The van der Waals surface area contributed by atoms with Crippen LogP contribution in [0.1, 0.15) is 37.1 Å². The van der Waals surface area contributed by atoms with Gasteiger partial charge in [0, 0.05) is 10.4 Å². The zero-order valence-corrected chi connectivity index (χ0v) is 17.8. The van der Waals surface area contributed by atoms with Crippen LogP contribution in [-0.2, 0) is 12.8 Å². The van der Waals surface area contributed by atoms with Crippen molar-refractivity contribution in [2.45, 2.75) is 39.5 Å². The molecule has 2 aromatic heterocycles. The first kappa shape index (κ1) is 18.5. The molecule has 142 valence electrons. The second kappa shape index (κ2) is 7.64. The van der Waals surface area contributed by atoms with Crippen LogP contribution in [0.3, 0.4) is 0 Å². The minimum atomic E-state index is -0.0580.